The number of benzene rings is 1. The van der Waals surface area contributed by atoms with Gasteiger partial charge in [-0.2, -0.15) is 8.42 Å². The molecule has 5 rings (SSSR count). The number of nitrogens with zero attached hydrogens (tertiary/aromatic N) is 5. The largest absolute Gasteiger partial charge is 0.311 e. The number of aromatic nitrogens is 4. The van der Waals surface area contributed by atoms with Gasteiger partial charge in [0.1, 0.15) is 17.4 Å². The molecular weight excluding hydrogens is 490 g/mol. The van der Waals surface area contributed by atoms with Gasteiger partial charge in [0, 0.05) is 24.7 Å². The van der Waals surface area contributed by atoms with Gasteiger partial charge < -0.3 is 5.01 Å². The van der Waals surface area contributed by atoms with Gasteiger partial charge in [0.05, 0.1) is 24.0 Å². The van der Waals surface area contributed by atoms with Crippen LogP contribution in [0.25, 0.3) is 22.1 Å². The maximum atomic E-state index is 13.3. The highest BCUT2D eigenvalue weighted by molar-refractivity contribution is 7.90. The van der Waals surface area contributed by atoms with Crippen molar-refractivity contribution in [2.75, 3.05) is 31.0 Å². The van der Waals surface area contributed by atoms with Crippen molar-refractivity contribution < 1.29 is 21.0 Å². The minimum Gasteiger partial charge on any atom is -0.311 e. The molecule has 0 aliphatic carbocycles. The van der Waals surface area contributed by atoms with E-state index in [1.807, 2.05) is 11.6 Å². The third-order valence-corrected chi connectivity index (χ3v) is 8.74. The van der Waals surface area contributed by atoms with E-state index in [0.717, 1.165) is 43.3 Å². The maximum absolute atomic E-state index is 13.3. The molecule has 4 heterocycles. The number of aryl methyl sites for hydroxylation is 1. The molecule has 0 bridgehead atoms. The van der Waals surface area contributed by atoms with Crippen LogP contribution in [0.3, 0.4) is 0 Å². The van der Waals surface area contributed by atoms with Crippen LogP contribution in [0.1, 0.15) is 24.8 Å². The predicted molar refractivity (Wildman–Crippen MR) is 133 cm³/mol. The number of piperidine rings is 1. The average Bonchev–Trinajstić information content (AvgIpc) is 3.43. The van der Waals surface area contributed by atoms with Gasteiger partial charge in [-0.25, -0.2) is 27.0 Å². The summed E-state index contributed by atoms with van der Waals surface area (Å²) in [5.74, 6) is 0.380. The molecule has 35 heavy (non-hydrogen) atoms. The summed E-state index contributed by atoms with van der Waals surface area (Å²) in [6.07, 6.45) is 8.43. The van der Waals surface area contributed by atoms with Gasteiger partial charge >= 0.3 is 0 Å². The van der Waals surface area contributed by atoms with E-state index < -0.39 is 20.1 Å². The molecule has 3 aromatic heterocycles. The molecule has 10 nitrogen and oxygen atoms in total. The van der Waals surface area contributed by atoms with Crippen LogP contribution in [0.5, 0.6) is 0 Å². The van der Waals surface area contributed by atoms with Crippen molar-refractivity contribution in [3.8, 4) is 0 Å². The van der Waals surface area contributed by atoms with E-state index >= 15 is 0 Å². The Balaban J connectivity index is 1.42. The van der Waals surface area contributed by atoms with Gasteiger partial charge in [0.25, 0.3) is 20.1 Å². The lowest BCUT2D eigenvalue weighted by atomic mass is 9.95. The topological polar surface area (TPSA) is 116 Å². The highest BCUT2D eigenvalue weighted by Crippen LogP contribution is 2.29. The van der Waals surface area contributed by atoms with Crippen LogP contribution >= 0.6 is 0 Å². The standard InChI is InChI=1S/C23H27N5O5S2/c1-17-3-5-19(6-4-17)35(31,32)28-13-9-20-22-21(15-24-23(20)28)25-16-27(22)26-11-7-18(8-12-26)10-14-33-34(2,29)30/h3-6,9,13,15-16,18H,7-8,10-12,14H2,1-2H3. The van der Waals surface area contributed by atoms with Crippen molar-refractivity contribution in [2.45, 2.75) is 31.1 Å². The summed E-state index contributed by atoms with van der Waals surface area (Å²) in [4.78, 5) is 9.13. The molecule has 0 saturated carbocycles. The first-order chi connectivity index (χ1) is 16.6. The summed E-state index contributed by atoms with van der Waals surface area (Å²) in [5, 5.41) is 2.88. The molecule has 1 aliphatic rings. The van der Waals surface area contributed by atoms with Crippen LogP contribution in [0.15, 0.2) is 53.9 Å². The predicted octanol–water partition coefficient (Wildman–Crippen LogP) is 2.65. The monoisotopic (exact) mass is 517 g/mol. The minimum absolute atomic E-state index is 0.201. The van der Waals surface area contributed by atoms with Crippen LogP contribution in [0.4, 0.5) is 0 Å². The second-order valence-electron chi connectivity index (χ2n) is 8.96. The van der Waals surface area contributed by atoms with E-state index in [0.29, 0.717) is 28.9 Å². The molecule has 0 radical (unpaired) electrons. The normalized spacial score (nSPS) is 15.9. The number of pyridine rings is 1. The van der Waals surface area contributed by atoms with Crippen molar-refractivity contribution in [2.24, 2.45) is 5.92 Å². The van der Waals surface area contributed by atoms with Crippen molar-refractivity contribution in [1.82, 2.24) is 18.6 Å². The molecule has 0 unspecified atom stereocenters. The maximum Gasteiger partial charge on any atom is 0.269 e. The number of rotatable bonds is 7. The van der Waals surface area contributed by atoms with Crippen LogP contribution in [0, 0.1) is 12.8 Å². The van der Waals surface area contributed by atoms with Gasteiger partial charge in [-0.1, -0.05) is 17.7 Å². The van der Waals surface area contributed by atoms with E-state index in [-0.39, 0.29) is 11.5 Å². The lowest BCUT2D eigenvalue weighted by molar-refractivity contribution is 0.257. The summed E-state index contributed by atoms with van der Waals surface area (Å²) >= 11 is 0. The summed E-state index contributed by atoms with van der Waals surface area (Å²) in [6, 6.07) is 8.52. The first-order valence-corrected chi connectivity index (χ1v) is 14.6. The smallest absolute Gasteiger partial charge is 0.269 e. The Hall–Kier alpha value is -2.96. The summed E-state index contributed by atoms with van der Waals surface area (Å²) < 4.78 is 57.1. The van der Waals surface area contributed by atoms with Crippen LogP contribution in [-0.2, 0) is 24.3 Å². The van der Waals surface area contributed by atoms with E-state index in [1.54, 1.807) is 42.9 Å². The summed E-state index contributed by atoms with van der Waals surface area (Å²) in [6.45, 7) is 3.64. The van der Waals surface area contributed by atoms with E-state index in [2.05, 4.69) is 15.0 Å². The highest BCUT2D eigenvalue weighted by atomic mass is 32.2. The molecule has 1 aliphatic heterocycles. The third-order valence-electron chi connectivity index (χ3n) is 6.47. The van der Waals surface area contributed by atoms with Crippen LogP contribution in [0.2, 0.25) is 0 Å². The molecule has 4 aromatic rings. The Bertz CT molecular complexity index is 1580. The molecule has 0 spiro atoms. The Labute approximate surface area is 204 Å². The zero-order valence-electron chi connectivity index (χ0n) is 19.5. The van der Waals surface area contributed by atoms with E-state index in [9.17, 15) is 16.8 Å². The second kappa shape index (κ2) is 8.92. The molecular formula is C23H27N5O5S2. The van der Waals surface area contributed by atoms with E-state index in [1.165, 1.54) is 10.2 Å². The number of imidazole rings is 1. The Morgan fingerprint density at radius 2 is 1.74 bits per heavy atom. The Morgan fingerprint density at radius 3 is 2.43 bits per heavy atom. The van der Waals surface area contributed by atoms with Crippen LogP contribution < -0.4 is 5.01 Å². The zero-order valence-corrected chi connectivity index (χ0v) is 21.2. The van der Waals surface area contributed by atoms with Gasteiger partial charge in [-0.3, -0.25) is 4.18 Å². The second-order valence-corrected chi connectivity index (χ2v) is 12.4. The first-order valence-electron chi connectivity index (χ1n) is 11.4. The third kappa shape index (κ3) is 4.65. The molecule has 0 N–H and O–H groups in total. The lowest BCUT2D eigenvalue weighted by Crippen LogP contribution is -2.41. The van der Waals surface area contributed by atoms with Crippen molar-refractivity contribution in [3.05, 3.63) is 54.6 Å². The van der Waals surface area contributed by atoms with Gasteiger partial charge in [-0.15, -0.1) is 0 Å². The van der Waals surface area contributed by atoms with Gasteiger partial charge in [0.2, 0.25) is 0 Å². The zero-order chi connectivity index (χ0) is 24.8. The molecule has 12 heteroatoms. The molecule has 186 valence electrons. The SMILES string of the molecule is Cc1ccc(S(=O)(=O)n2ccc3c4c(cnc32)ncn4N2CCC(CCOS(C)(=O)=O)CC2)cc1. The first kappa shape index (κ1) is 23.8. The van der Waals surface area contributed by atoms with Crippen molar-refractivity contribution in [3.63, 3.8) is 0 Å². The fourth-order valence-electron chi connectivity index (χ4n) is 4.57. The van der Waals surface area contributed by atoms with E-state index in [4.69, 9.17) is 4.18 Å². The molecule has 0 atom stereocenters. The lowest BCUT2D eigenvalue weighted by Gasteiger charge is -2.34. The number of fused-ring (bicyclic) bond motifs is 3. The quantitative estimate of drug-likeness (QED) is 0.344. The van der Waals surface area contributed by atoms with Crippen LogP contribution in [-0.4, -0.2) is 61.4 Å². The fraction of sp³-hybridized carbons (Fsp3) is 0.391. The fourth-order valence-corrected chi connectivity index (χ4v) is 6.27. The number of hydrogen-bond acceptors (Lipinski definition) is 8. The minimum atomic E-state index is -3.80. The Morgan fingerprint density at radius 1 is 1.03 bits per heavy atom. The average molecular weight is 518 g/mol. The summed E-state index contributed by atoms with van der Waals surface area (Å²) in [5.41, 5.74) is 2.84. The highest BCUT2D eigenvalue weighted by Gasteiger charge is 2.24. The van der Waals surface area contributed by atoms with Gasteiger partial charge in [0.15, 0.2) is 5.65 Å². The van der Waals surface area contributed by atoms with Gasteiger partial charge in [-0.05, 0) is 50.3 Å². The summed E-state index contributed by atoms with van der Waals surface area (Å²) in [7, 11) is -7.22. The molecule has 1 saturated heterocycles. The molecule has 1 fully saturated rings. The number of hydrogen-bond donors (Lipinski definition) is 0. The molecule has 1 aromatic carbocycles. The molecule has 0 amide bonds. The van der Waals surface area contributed by atoms with Crippen molar-refractivity contribution >= 4 is 42.2 Å². The van der Waals surface area contributed by atoms with Crippen molar-refractivity contribution in [1.29, 1.82) is 0 Å². The Kier molecular flexibility index (Phi) is 6.06.